The second-order valence-electron chi connectivity index (χ2n) is 8.27. The van der Waals surface area contributed by atoms with Crippen LogP contribution in [0, 0.1) is 11.8 Å². The Bertz CT molecular complexity index is 782. The Balaban J connectivity index is 1.69. The van der Waals surface area contributed by atoms with Crippen molar-refractivity contribution in [3.05, 3.63) is 24.3 Å². The average molecular weight is 411 g/mol. The van der Waals surface area contributed by atoms with Crippen LogP contribution in [0.2, 0.25) is 0 Å². The van der Waals surface area contributed by atoms with Gasteiger partial charge in [-0.3, -0.25) is 4.79 Å². The summed E-state index contributed by atoms with van der Waals surface area (Å²) in [6, 6.07) is 6.35. The monoisotopic (exact) mass is 410 g/mol. The minimum absolute atomic E-state index is 0.0720. The van der Waals surface area contributed by atoms with Gasteiger partial charge in [0.1, 0.15) is 0 Å². The molecule has 0 saturated carbocycles. The summed E-state index contributed by atoms with van der Waals surface area (Å²) in [5.41, 5.74) is 0.517. The number of hydrogen-bond donors (Lipinski definition) is 2. The van der Waals surface area contributed by atoms with Crippen molar-refractivity contribution >= 4 is 21.6 Å². The van der Waals surface area contributed by atoms with Crippen LogP contribution in [0.4, 0.5) is 5.69 Å². The average Bonchev–Trinajstić information content (AvgIpc) is 2.67. The van der Waals surface area contributed by atoms with E-state index in [1.807, 2.05) is 6.92 Å². The molecule has 2 saturated heterocycles. The largest absolute Gasteiger partial charge is 0.379 e. The molecule has 0 aromatic heterocycles. The van der Waals surface area contributed by atoms with Gasteiger partial charge >= 0.3 is 0 Å². The Morgan fingerprint density at radius 2 is 1.86 bits per heavy atom. The molecule has 0 radical (unpaired) electrons. The standard InChI is InChI=1S/C20H31N3O4S/c1-15-11-16(2)14-22(13-15)17(3)20(24)21-18-5-4-6-19(12-18)28(25,26)23-7-9-27-10-8-23/h4-6,12,15-17H,7-11,13-14H2,1-3H3,(H,21,24)/p+1/t15-,16+,17-/m0/s1. The predicted octanol–water partition coefficient (Wildman–Crippen LogP) is 0.595. The van der Waals surface area contributed by atoms with E-state index in [9.17, 15) is 13.2 Å². The zero-order valence-corrected chi connectivity index (χ0v) is 17.8. The molecule has 1 aromatic rings. The molecule has 2 aliphatic rings. The highest BCUT2D eigenvalue weighted by atomic mass is 32.2. The van der Waals surface area contributed by atoms with Crippen molar-refractivity contribution in [2.45, 2.75) is 38.1 Å². The fourth-order valence-corrected chi connectivity index (χ4v) is 5.75. The van der Waals surface area contributed by atoms with Crippen LogP contribution in [-0.4, -0.2) is 64.1 Å². The lowest BCUT2D eigenvalue weighted by molar-refractivity contribution is -0.925. The summed E-state index contributed by atoms with van der Waals surface area (Å²) in [6.07, 6.45) is 1.21. The normalized spacial score (nSPS) is 27.9. The van der Waals surface area contributed by atoms with E-state index in [2.05, 4.69) is 19.2 Å². The Morgan fingerprint density at radius 1 is 1.21 bits per heavy atom. The SMILES string of the molecule is C[C@@H]1C[C@H](C)C[NH+]([C@@H](C)C(=O)Nc2cccc(S(=O)(=O)N3CCOCC3)c2)C1. The predicted molar refractivity (Wildman–Crippen MR) is 108 cm³/mol. The Labute approximate surface area is 168 Å². The number of likely N-dealkylation sites (tertiary alicyclic amines) is 1. The highest BCUT2D eigenvalue weighted by Crippen LogP contribution is 2.21. The fourth-order valence-electron chi connectivity index (χ4n) is 4.29. The second-order valence-corrected chi connectivity index (χ2v) is 10.2. The third-order valence-corrected chi connectivity index (χ3v) is 7.64. The molecule has 156 valence electrons. The molecule has 2 fully saturated rings. The number of carbonyl (C=O) groups is 1. The van der Waals surface area contributed by atoms with Gasteiger partial charge in [0.05, 0.1) is 31.2 Å². The van der Waals surface area contributed by atoms with Crippen molar-refractivity contribution in [3.63, 3.8) is 0 Å². The van der Waals surface area contributed by atoms with Gasteiger partial charge in [-0.2, -0.15) is 4.31 Å². The van der Waals surface area contributed by atoms with Gasteiger partial charge < -0.3 is 15.0 Å². The molecule has 28 heavy (non-hydrogen) atoms. The highest BCUT2D eigenvalue weighted by molar-refractivity contribution is 7.89. The van der Waals surface area contributed by atoms with Gasteiger partial charge in [0.15, 0.2) is 6.04 Å². The first-order chi connectivity index (χ1) is 13.3. The molecule has 2 aliphatic heterocycles. The van der Waals surface area contributed by atoms with Gasteiger partial charge in [-0.25, -0.2) is 8.42 Å². The molecule has 7 nitrogen and oxygen atoms in total. The van der Waals surface area contributed by atoms with Crippen molar-refractivity contribution in [2.24, 2.45) is 11.8 Å². The number of benzene rings is 1. The molecular formula is C20H32N3O4S+. The maximum Gasteiger partial charge on any atom is 0.282 e. The highest BCUT2D eigenvalue weighted by Gasteiger charge is 2.33. The molecule has 0 spiro atoms. The van der Waals surface area contributed by atoms with Crippen LogP contribution in [-0.2, 0) is 19.6 Å². The van der Waals surface area contributed by atoms with E-state index in [-0.39, 0.29) is 16.8 Å². The first-order valence-electron chi connectivity index (χ1n) is 10.1. The molecule has 8 heteroatoms. The summed E-state index contributed by atoms with van der Waals surface area (Å²) < 4.78 is 32.3. The summed E-state index contributed by atoms with van der Waals surface area (Å²) in [7, 11) is -3.58. The molecule has 0 aliphatic carbocycles. The van der Waals surface area contributed by atoms with E-state index in [1.54, 1.807) is 24.3 Å². The molecule has 1 aromatic carbocycles. The van der Waals surface area contributed by atoms with E-state index in [0.29, 0.717) is 43.8 Å². The van der Waals surface area contributed by atoms with Crippen LogP contribution in [0.5, 0.6) is 0 Å². The number of rotatable bonds is 5. The molecule has 1 unspecified atom stereocenters. The van der Waals surface area contributed by atoms with E-state index in [4.69, 9.17) is 4.74 Å². The van der Waals surface area contributed by atoms with E-state index in [0.717, 1.165) is 13.1 Å². The minimum atomic E-state index is -3.58. The number of carbonyl (C=O) groups excluding carboxylic acids is 1. The van der Waals surface area contributed by atoms with Gasteiger partial charge in [-0.05, 0) is 31.5 Å². The Hall–Kier alpha value is -1.48. The molecular weight excluding hydrogens is 378 g/mol. The number of amides is 1. The Kier molecular flexibility index (Phi) is 6.75. The third-order valence-electron chi connectivity index (χ3n) is 5.74. The molecule has 1 amide bonds. The summed E-state index contributed by atoms with van der Waals surface area (Å²) in [5, 5.41) is 2.92. The topological polar surface area (TPSA) is 80.2 Å². The van der Waals surface area contributed by atoms with Gasteiger partial charge in [-0.15, -0.1) is 0 Å². The van der Waals surface area contributed by atoms with Crippen LogP contribution < -0.4 is 10.2 Å². The van der Waals surface area contributed by atoms with E-state index >= 15 is 0 Å². The lowest BCUT2D eigenvalue weighted by atomic mass is 9.91. The molecule has 4 atom stereocenters. The van der Waals surface area contributed by atoms with E-state index < -0.39 is 10.0 Å². The zero-order valence-electron chi connectivity index (χ0n) is 17.0. The number of sulfonamides is 1. The van der Waals surface area contributed by atoms with Gasteiger partial charge in [-0.1, -0.05) is 19.9 Å². The fraction of sp³-hybridized carbons (Fsp3) is 0.650. The first-order valence-corrected chi connectivity index (χ1v) is 11.5. The van der Waals surface area contributed by atoms with Crippen molar-refractivity contribution in [2.75, 3.05) is 44.7 Å². The zero-order chi connectivity index (χ0) is 20.3. The summed E-state index contributed by atoms with van der Waals surface area (Å²) in [6.45, 7) is 9.92. The number of anilines is 1. The van der Waals surface area contributed by atoms with Crippen LogP contribution in [0.1, 0.15) is 27.2 Å². The van der Waals surface area contributed by atoms with Gasteiger partial charge in [0.2, 0.25) is 10.0 Å². The number of hydrogen-bond acceptors (Lipinski definition) is 4. The van der Waals surface area contributed by atoms with Crippen molar-refractivity contribution in [1.82, 2.24) is 4.31 Å². The van der Waals surface area contributed by atoms with Crippen molar-refractivity contribution in [3.8, 4) is 0 Å². The molecule has 3 rings (SSSR count). The smallest absolute Gasteiger partial charge is 0.282 e. The maximum atomic E-state index is 12.8. The minimum Gasteiger partial charge on any atom is -0.379 e. The maximum absolute atomic E-state index is 12.8. The molecule has 2 heterocycles. The lowest BCUT2D eigenvalue weighted by Gasteiger charge is -2.35. The number of nitrogens with zero attached hydrogens (tertiary/aromatic N) is 1. The molecule has 2 N–H and O–H groups in total. The Morgan fingerprint density at radius 3 is 2.50 bits per heavy atom. The number of nitrogens with one attached hydrogen (secondary N) is 2. The number of morpholine rings is 1. The van der Waals surface area contributed by atoms with Crippen LogP contribution in [0.3, 0.4) is 0 Å². The van der Waals surface area contributed by atoms with Crippen molar-refractivity contribution < 1.29 is 22.8 Å². The number of piperidine rings is 1. The van der Waals surface area contributed by atoms with Gasteiger partial charge in [0, 0.05) is 30.6 Å². The first kappa shape index (κ1) is 21.2. The molecule has 0 bridgehead atoms. The second kappa shape index (κ2) is 8.90. The number of ether oxygens (including phenoxy) is 1. The quantitative estimate of drug-likeness (QED) is 0.745. The third kappa shape index (κ3) is 4.92. The number of quaternary nitrogens is 1. The lowest BCUT2D eigenvalue weighted by Crippen LogP contribution is -3.18. The summed E-state index contributed by atoms with van der Waals surface area (Å²) in [4.78, 5) is 14.3. The summed E-state index contributed by atoms with van der Waals surface area (Å²) >= 11 is 0. The van der Waals surface area contributed by atoms with Crippen molar-refractivity contribution in [1.29, 1.82) is 0 Å². The summed E-state index contributed by atoms with van der Waals surface area (Å²) in [5.74, 6) is 1.14. The van der Waals surface area contributed by atoms with Crippen LogP contribution in [0.15, 0.2) is 29.2 Å². The van der Waals surface area contributed by atoms with Gasteiger partial charge in [0.25, 0.3) is 5.91 Å². The van der Waals surface area contributed by atoms with Crippen LogP contribution in [0.25, 0.3) is 0 Å². The van der Waals surface area contributed by atoms with E-state index in [1.165, 1.54) is 15.6 Å². The van der Waals surface area contributed by atoms with Crippen LogP contribution >= 0.6 is 0 Å².